The molecule has 1 heterocycles. The average molecular weight is 356 g/mol. The fourth-order valence-electron chi connectivity index (χ4n) is 1.38. The van der Waals surface area contributed by atoms with Gasteiger partial charge >= 0.3 is 0 Å². The van der Waals surface area contributed by atoms with Crippen LogP contribution in [0.3, 0.4) is 0 Å². The Morgan fingerprint density at radius 2 is 1.95 bits per heavy atom. The first-order chi connectivity index (χ1) is 10.2. The summed E-state index contributed by atoms with van der Waals surface area (Å²) in [6.07, 6.45) is 2.68. The molecule has 116 valence electrons. The van der Waals surface area contributed by atoms with Crippen LogP contribution in [0, 0.1) is 0 Å². The maximum absolute atomic E-state index is 5.15. The van der Waals surface area contributed by atoms with Gasteiger partial charge in [0.1, 0.15) is 5.69 Å². The van der Waals surface area contributed by atoms with E-state index in [0.717, 1.165) is 4.47 Å². The second kappa shape index (κ2) is 11.3. The first-order valence-electron chi connectivity index (χ1n) is 6.51. The molecular formula is C15H22BrN3O2. The van der Waals surface area contributed by atoms with Gasteiger partial charge in [0.05, 0.1) is 5.71 Å². The Bertz CT molecular complexity index is 480. The third kappa shape index (κ3) is 6.29. The molecule has 0 amide bonds. The number of aromatic nitrogens is 1. The first kappa shape index (κ1) is 19.6. The molecule has 0 bridgehead atoms. The number of hydrogen-bond donors (Lipinski definition) is 0. The van der Waals surface area contributed by atoms with Crippen LogP contribution in [0.2, 0.25) is 0 Å². The van der Waals surface area contributed by atoms with Gasteiger partial charge in [0.2, 0.25) is 6.29 Å². The Hall–Kier alpha value is -1.37. The smallest absolute Gasteiger partial charge is 0.200 e. The normalized spacial score (nSPS) is 12.0. The van der Waals surface area contributed by atoms with Gasteiger partial charge in [-0.25, -0.2) is 4.99 Å². The molecule has 0 saturated heterocycles. The second-order valence-electron chi connectivity index (χ2n) is 3.45. The van der Waals surface area contributed by atoms with Crippen molar-refractivity contribution in [2.24, 2.45) is 9.98 Å². The molecule has 0 aromatic carbocycles. The lowest BCUT2D eigenvalue weighted by Gasteiger charge is -2.13. The van der Waals surface area contributed by atoms with Gasteiger partial charge in [0, 0.05) is 31.9 Å². The van der Waals surface area contributed by atoms with E-state index in [9.17, 15) is 0 Å². The summed E-state index contributed by atoms with van der Waals surface area (Å²) in [6.45, 7) is 7.70. The maximum Gasteiger partial charge on any atom is 0.200 e. The minimum Gasteiger partial charge on any atom is -0.350 e. The molecule has 5 nitrogen and oxygen atoms in total. The fourth-order valence-corrected chi connectivity index (χ4v) is 1.62. The zero-order valence-electron chi connectivity index (χ0n) is 13.1. The van der Waals surface area contributed by atoms with Gasteiger partial charge in [-0.3, -0.25) is 9.98 Å². The number of ether oxygens (including phenoxy) is 2. The van der Waals surface area contributed by atoms with E-state index in [2.05, 4.69) is 37.5 Å². The van der Waals surface area contributed by atoms with Crippen molar-refractivity contribution in [3.8, 4) is 0 Å². The predicted molar refractivity (Wildman–Crippen MR) is 91.2 cm³/mol. The van der Waals surface area contributed by atoms with Gasteiger partial charge in [0.15, 0.2) is 5.84 Å². The van der Waals surface area contributed by atoms with Gasteiger partial charge < -0.3 is 9.47 Å². The van der Waals surface area contributed by atoms with Crippen LogP contribution in [0.5, 0.6) is 0 Å². The van der Waals surface area contributed by atoms with Crippen LogP contribution in [0.15, 0.2) is 45.4 Å². The summed E-state index contributed by atoms with van der Waals surface area (Å²) in [7, 11) is 4.72. The number of pyridine rings is 1. The summed E-state index contributed by atoms with van der Waals surface area (Å²) >= 11 is 3.33. The number of methoxy groups -OCH3 is 2. The molecule has 0 atom stereocenters. The van der Waals surface area contributed by atoms with Crippen molar-refractivity contribution in [1.82, 2.24) is 4.98 Å². The van der Waals surface area contributed by atoms with E-state index >= 15 is 0 Å². The molecule has 0 spiro atoms. The SMILES string of the molecule is C=CC(=NC(=NC)c1ccc(Br)cn1)C(OC)OC.CC. The predicted octanol–water partition coefficient (Wildman–Crippen LogP) is 3.49. The molecule has 1 aromatic heterocycles. The van der Waals surface area contributed by atoms with Gasteiger partial charge in [-0.15, -0.1) is 0 Å². The van der Waals surface area contributed by atoms with Gasteiger partial charge in [0.25, 0.3) is 0 Å². The van der Waals surface area contributed by atoms with Crippen molar-refractivity contribution >= 4 is 27.5 Å². The first-order valence-corrected chi connectivity index (χ1v) is 7.30. The van der Waals surface area contributed by atoms with Crippen LogP contribution in [0.1, 0.15) is 19.5 Å². The van der Waals surface area contributed by atoms with Crippen molar-refractivity contribution in [3.63, 3.8) is 0 Å². The quantitative estimate of drug-likeness (QED) is 0.461. The Kier molecular flexibility index (Phi) is 10.6. The number of halogens is 1. The highest BCUT2D eigenvalue weighted by atomic mass is 79.9. The summed E-state index contributed by atoms with van der Waals surface area (Å²) in [4.78, 5) is 12.7. The molecule has 6 heteroatoms. The zero-order valence-corrected chi connectivity index (χ0v) is 14.7. The van der Waals surface area contributed by atoms with Crippen molar-refractivity contribution in [3.05, 3.63) is 41.2 Å². The monoisotopic (exact) mass is 355 g/mol. The lowest BCUT2D eigenvalue weighted by Crippen LogP contribution is -2.24. The Morgan fingerprint density at radius 1 is 1.33 bits per heavy atom. The topological polar surface area (TPSA) is 56.1 Å². The summed E-state index contributed by atoms with van der Waals surface area (Å²) in [5.74, 6) is 0.488. The molecule has 0 fully saturated rings. The van der Waals surface area contributed by atoms with Crippen LogP contribution < -0.4 is 0 Å². The van der Waals surface area contributed by atoms with E-state index in [1.165, 1.54) is 14.2 Å². The van der Waals surface area contributed by atoms with Crippen molar-refractivity contribution in [2.45, 2.75) is 20.1 Å². The Morgan fingerprint density at radius 3 is 2.33 bits per heavy atom. The molecule has 0 aliphatic heterocycles. The highest BCUT2D eigenvalue weighted by Crippen LogP contribution is 2.09. The van der Waals surface area contributed by atoms with E-state index in [0.29, 0.717) is 17.2 Å². The zero-order chi connectivity index (χ0) is 16.3. The fraction of sp³-hybridized carbons (Fsp3) is 0.400. The highest BCUT2D eigenvalue weighted by Gasteiger charge is 2.13. The third-order valence-electron chi connectivity index (χ3n) is 2.28. The minimum absolute atomic E-state index is 0.488. The maximum atomic E-state index is 5.15. The number of hydrogen-bond acceptors (Lipinski definition) is 4. The van der Waals surface area contributed by atoms with Crippen molar-refractivity contribution < 1.29 is 9.47 Å². The Labute approximate surface area is 135 Å². The molecule has 0 aliphatic carbocycles. The van der Waals surface area contributed by atoms with Crippen molar-refractivity contribution in [2.75, 3.05) is 21.3 Å². The van der Waals surface area contributed by atoms with E-state index in [1.54, 1.807) is 19.3 Å². The van der Waals surface area contributed by atoms with Gasteiger partial charge in [-0.05, 0) is 34.1 Å². The lowest BCUT2D eigenvalue weighted by molar-refractivity contribution is -0.0511. The van der Waals surface area contributed by atoms with E-state index in [-0.39, 0.29) is 0 Å². The number of nitrogens with zero attached hydrogens (tertiary/aromatic N) is 3. The van der Waals surface area contributed by atoms with Crippen LogP contribution in [-0.4, -0.2) is 44.1 Å². The van der Waals surface area contributed by atoms with Crippen LogP contribution in [0.4, 0.5) is 0 Å². The molecule has 21 heavy (non-hydrogen) atoms. The van der Waals surface area contributed by atoms with E-state index < -0.39 is 6.29 Å². The molecule has 0 aliphatic rings. The molecule has 0 saturated carbocycles. The number of aliphatic imine (C=N–C) groups is 2. The molecule has 1 rings (SSSR count). The van der Waals surface area contributed by atoms with E-state index in [4.69, 9.17) is 9.47 Å². The van der Waals surface area contributed by atoms with Gasteiger partial charge in [-0.2, -0.15) is 0 Å². The number of rotatable bonds is 5. The molecular weight excluding hydrogens is 334 g/mol. The van der Waals surface area contributed by atoms with Crippen LogP contribution >= 0.6 is 15.9 Å². The largest absolute Gasteiger partial charge is 0.350 e. The van der Waals surface area contributed by atoms with Crippen LogP contribution in [-0.2, 0) is 9.47 Å². The molecule has 1 aromatic rings. The molecule has 0 N–H and O–H groups in total. The lowest BCUT2D eigenvalue weighted by atomic mass is 10.3. The summed E-state index contributed by atoms with van der Waals surface area (Å²) < 4.78 is 11.2. The molecule has 0 unspecified atom stereocenters. The number of amidine groups is 1. The third-order valence-corrected chi connectivity index (χ3v) is 2.75. The molecule has 0 radical (unpaired) electrons. The van der Waals surface area contributed by atoms with Crippen LogP contribution in [0.25, 0.3) is 0 Å². The van der Waals surface area contributed by atoms with E-state index in [1.807, 2.05) is 26.0 Å². The summed E-state index contributed by atoms with van der Waals surface area (Å²) in [6, 6.07) is 3.70. The van der Waals surface area contributed by atoms with Crippen molar-refractivity contribution in [1.29, 1.82) is 0 Å². The average Bonchev–Trinajstić information content (AvgIpc) is 2.54. The summed E-state index contributed by atoms with van der Waals surface area (Å²) in [5, 5.41) is 0. The van der Waals surface area contributed by atoms with Gasteiger partial charge in [-0.1, -0.05) is 20.4 Å². The second-order valence-corrected chi connectivity index (χ2v) is 4.37. The Balaban J connectivity index is 0.00000191. The standard InChI is InChI=1S/C13H16BrN3O2.C2H6/c1-5-10(13(18-3)19-4)17-12(15-2)11-7-6-9(14)8-16-11;1-2/h5-8,13H,1H2,2-4H3;1-2H3. The highest BCUT2D eigenvalue weighted by molar-refractivity contribution is 9.10. The summed E-state index contributed by atoms with van der Waals surface area (Å²) in [5.41, 5.74) is 1.20. The minimum atomic E-state index is -0.579.